The van der Waals surface area contributed by atoms with Gasteiger partial charge in [-0.3, -0.25) is 0 Å². The van der Waals surface area contributed by atoms with Gasteiger partial charge in [0.2, 0.25) is 0 Å². The molecule has 0 N–H and O–H groups in total. The summed E-state index contributed by atoms with van der Waals surface area (Å²) in [6, 6.07) is 0.352. The lowest BCUT2D eigenvalue weighted by atomic mass is 10.0. The molecule has 0 amide bonds. The van der Waals surface area contributed by atoms with Gasteiger partial charge in [0.25, 0.3) is 0 Å². The Morgan fingerprint density at radius 3 is 3.06 bits per heavy atom. The predicted molar refractivity (Wildman–Crippen MR) is 62.4 cm³/mol. The summed E-state index contributed by atoms with van der Waals surface area (Å²) in [4.78, 5) is 12.4. The van der Waals surface area contributed by atoms with E-state index in [1.54, 1.807) is 6.33 Å². The van der Waals surface area contributed by atoms with Crippen LogP contribution in [0.15, 0.2) is 24.8 Å². The fourth-order valence-electron chi connectivity index (χ4n) is 2.09. The van der Waals surface area contributed by atoms with E-state index < -0.39 is 0 Å². The van der Waals surface area contributed by atoms with Crippen molar-refractivity contribution in [3.05, 3.63) is 30.0 Å². The minimum atomic E-state index is 0.352. The molecule has 2 aromatic heterocycles. The zero-order valence-electron chi connectivity index (χ0n) is 8.67. The number of hydrogen-bond donors (Lipinski definition) is 0. The molecule has 2 aromatic rings. The number of fused-ring (bicyclic) bond motifs is 1. The molecule has 0 spiro atoms. The van der Waals surface area contributed by atoms with Crippen LogP contribution in [0, 0.1) is 0 Å². The molecule has 1 aliphatic carbocycles. The van der Waals surface area contributed by atoms with E-state index in [1.165, 1.54) is 19.2 Å². The Labute approximate surface area is 98.0 Å². The van der Waals surface area contributed by atoms with Crippen LogP contribution in [-0.4, -0.2) is 19.5 Å². The van der Waals surface area contributed by atoms with Gasteiger partial charge in [-0.05, 0) is 19.3 Å². The number of imidazole rings is 1. The van der Waals surface area contributed by atoms with E-state index in [-0.39, 0.29) is 0 Å². The molecule has 0 radical (unpaired) electrons. The average Bonchev–Trinajstić information content (AvgIpc) is 2.75. The molecule has 4 nitrogen and oxygen atoms in total. The second-order valence-electron chi connectivity index (χ2n) is 3.91. The lowest BCUT2D eigenvalue weighted by Gasteiger charge is -2.17. The third kappa shape index (κ3) is 1.50. The Kier molecular flexibility index (Phi) is 2.36. The van der Waals surface area contributed by atoms with Gasteiger partial charge in [0.1, 0.15) is 11.8 Å². The molecule has 16 heavy (non-hydrogen) atoms. The molecule has 1 aliphatic rings. The van der Waals surface area contributed by atoms with Crippen LogP contribution in [0.5, 0.6) is 0 Å². The third-order valence-corrected chi connectivity index (χ3v) is 3.18. The monoisotopic (exact) mass is 234 g/mol. The van der Waals surface area contributed by atoms with Crippen molar-refractivity contribution in [3.8, 4) is 0 Å². The van der Waals surface area contributed by atoms with Crippen molar-refractivity contribution in [1.29, 1.82) is 0 Å². The second-order valence-corrected chi connectivity index (χ2v) is 4.27. The van der Waals surface area contributed by atoms with Crippen LogP contribution in [0.1, 0.15) is 25.3 Å². The summed E-state index contributed by atoms with van der Waals surface area (Å²) in [5.74, 6) is 0. The van der Waals surface area contributed by atoms with Crippen molar-refractivity contribution in [1.82, 2.24) is 19.5 Å². The van der Waals surface area contributed by atoms with Crippen LogP contribution in [0.25, 0.3) is 11.2 Å². The van der Waals surface area contributed by atoms with Crippen LogP contribution in [0.3, 0.4) is 0 Å². The Balaban J connectivity index is 2.13. The smallest absolute Gasteiger partial charge is 0.165 e. The maximum Gasteiger partial charge on any atom is 0.165 e. The first kappa shape index (κ1) is 9.78. The van der Waals surface area contributed by atoms with Gasteiger partial charge in [0.15, 0.2) is 10.8 Å². The second kappa shape index (κ2) is 3.87. The average molecular weight is 235 g/mol. The molecule has 5 heteroatoms. The molecule has 0 aliphatic heterocycles. The molecule has 0 aromatic carbocycles. The van der Waals surface area contributed by atoms with Crippen LogP contribution >= 0.6 is 11.6 Å². The summed E-state index contributed by atoms with van der Waals surface area (Å²) in [6.45, 7) is 0. The molecule has 0 fully saturated rings. The summed E-state index contributed by atoms with van der Waals surface area (Å²) >= 11 is 5.96. The number of halogens is 1. The predicted octanol–water partition coefficient (Wildman–Crippen LogP) is 2.76. The van der Waals surface area contributed by atoms with Gasteiger partial charge in [0.05, 0.1) is 12.4 Å². The summed E-state index contributed by atoms with van der Waals surface area (Å²) in [6.07, 6.45) is 11.2. The van der Waals surface area contributed by atoms with Crippen LogP contribution < -0.4 is 0 Å². The van der Waals surface area contributed by atoms with Gasteiger partial charge in [-0.15, -0.1) is 0 Å². The van der Waals surface area contributed by atoms with Gasteiger partial charge in [-0.1, -0.05) is 23.8 Å². The lowest BCUT2D eigenvalue weighted by molar-refractivity contribution is 0.525. The van der Waals surface area contributed by atoms with Crippen LogP contribution in [-0.2, 0) is 0 Å². The van der Waals surface area contributed by atoms with Crippen molar-refractivity contribution >= 4 is 22.8 Å². The standard InChI is InChI=1S/C11H11ClN4/c12-10-9-11(14-6-13-10)16(7-15-9)8-4-2-1-3-5-8/h2,4,6-8H,1,3,5H2. The minimum Gasteiger partial charge on any atom is -0.308 e. The molecule has 0 bridgehead atoms. The zero-order valence-corrected chi connectivity index (χ0v) is 9.43. The number of rotatable bonds is 1. The molecule has 3 rings (SSSR count). The van der Waals surface area contributed by atoms with Gasteiger partial charge in [-0.25, -0.2) is 15.0 Å². The molecule has 0 saturated heterocycles. The molecular formula is C11H11ClN4. The zero-order chi connectivity index (χ0) is 11.0. The topological polar surface area (TPSA) is 43.6 Å². The van der Waals surface area contributed by atoms with Gasteiger partial charge in [0, 0.05) is 0 Å². The summed E-state index contributed by atoms with van der Waals surface area (Å²) in [5.41, 5.74) is 1.50. The Bertz CT molecular complexity index is 546. The largest absolute Gasteiger partial charge is 0.308 e. The lowest BCUT2D eigenvalue weighted by Crippen LogP contribution is -2.08. The summed E-state index contributed by atoms with van der Waals surface area (Å²) in [5, 5.41) is 0.420. The fraction of sp³-hybridized carbons (Fsp3) is 0.364. The van der Waals surface area contributed by atoms with Crippen molar-refractivity contribution in [2.45, 2.75) is 25.3 Å². The SMILES string of the molecule is Clc1ncnc2c1ncn2C1C=CCCC1. The highest BCUT2D eigenvalue weighted by Crippen LogP contribution is 2.26. The molecule has 1 atom stereocenters. The number of aromatic nitrogens is 4. The maximum absolute atomic E-state index is 5.96. The highest BCUT2D eigenvalue weighted by Gasteiger charge is 2.15. The highest BCUT2D eigenvalue weighted by molar-refractivity contribution is 6.33. The van der Waals surface area contributed by atoms with E-state index in [2.05, 4.69) is 31.7 Å². The Hall–Kier alpha value is -1.42. The fourth-order valence-corrected chi connectivity index (χ4v) is 2.27. The highest BCUT2D eigenvalue weighted by atomic mass is 35.5. The number of allylic oxidation sites excluding steroid dienone is 2. The van der Waals surface area contributed by atoms with Gasteiger partial charge < -0.3 is 4.57 Å². The summed E-state index contributed by atoms with van der Waals surface area (Å²) in [7, 11) is 0. The number of nitrogens with zero attached hydrogens (tertiary/aromatic N) is 4. The molecule has 1 unspecified atom stereocenters. The van der Waals surface area contributed by atoms with Crippen molar-refractivity contribution in [3.63, 3.8) is 0 Å². The first-order chi connectivity index (χ1) is 7.86. The molecule has 2 heterocycles. The number of hydrogen-bond acceptors (Lipinski definition) is 3. The van der Waals surface area contributed by atoms with E-state index in [1.807, 2.05) is 0 Å². The van der Waals surface area contributed by atoms with Crippen molar-refractivity contribution < 1.29 is 0 Å². The van der Waals surface area contributed by atoms with Crippen LogP contribution in [0.4, 0.5) is 0 Å². The van der Waals surface area contributed by atoms with Crippen molar-refractivity contribution in [2.24, 2.45) is 0 Å². The summed E-state index contributed by atoms with van der Waals surface area (Å²) < 4.78 is 2.07. The molecule has 0 saturated carbocycles. The normalized spacial score (nSPS) is 20.4. The van der Waals surface area contributed by atoms with E-state index in [0.29, 0.717) is 16.7 Å². The Morgan fingerprint density at radius 2 is 2.25 bits per heavy atom. The maximum atomic E-state index is 5.96. The molecular weight excluding hydrogens is 224 g/mol. The molecule has 82 valence electrons. The third-order valence-electron chi connectivity index (χ3n) is 2.90. The Morgan fingerprint density at radius 1 is 1.31 bits per heavy atom. The van der Waals surface area contributed by atoms with E-state index in [0.717, 1.165) is 12.1 Å². The first-order valence-electron chi connectivity index (χ1n) is 5.36. The van der Waals surface area contributed by atoms with E-state index in [9.17, 15) is 0 Å². The quantitative estimate of drug-likeness (QED) is 0.563. The van der Waals surface area contributed by atoms with Gasteiger partial charge in [-0.2, -0.15) is 0 Å². The van der Waals surface area contributed by atoms with E-state index in [4.69, 9.17) is 11.6 Å². The van der Waals surface area contributed by atoms with Crippen LogP contribution in [0.2, 0.25) is 5.15 Å². The first-order valence-corrected chi connectivity index (χ1v) is 5.74. The van der Waals surface area contributed by atoms with Crippen molar-refractivity contribution in [2.75, 3.05) is 0 Å². The van der Waals surface area contributed by atoms with Gasteiger partial charge >= 0.3 is 0 Å². The van der Waals surface area contributed by atoms with E-state index >= 15 is 0 Å². The minimum absolute atomic E-state index is 0.352.